The molecular weight excluding hydrogens is 284 g/mol. The van der Waals surface area contributed by atoms with Crippen LogP contribution in [-0.4, -0.2) is 10.2 Å². The minimum atomic E-state index is -0.846. The van der Waals surface area contributed by atoms with Crippen LogP contribution in [-0.2, 0) is 12.8 Å². The van der Waals surface area contributed by atoms with Crippen LogP contribution in [0.15, 0.2) is 42.5 Å². The Hall–Kier alpha value is -2.16. The minimum absolute atomic E-state index is 0.824. The van der Waals surface area contributed by atoms with Crippen LogP contribution in [0.3, 0.4) is 0 Å². The monoisotopic (exact) mass is 302 g/mol. The molecule has 0 fully saturated rings. The Labute approximate surface area is 135 Å². The second-order valence-electron chi connectivity index (χ2n) is 6.75. The van der Waals surface area contributed by atoms with Gasteiger partial charge in [-0.05, 0) is 75.5 Å². The van der Waals surface area contributed by atoms with Gasteiger partial charge in [0.15, 0.2) is 0 Å². The first-order valence-electron chi connectivity index (χ1n) is 8.20. The molecule has 0 unspecified atom stereocenters. The standard InChI is InChI=1S/C21H18O2/c1-11-6-7-12-10-17-14-4-2-3-5-15(14)20(22)21(23)19(17)16-9-8-13(11)18(12)16/h2-7,10,20-23H,8-9H2,1H3/t20-,21+/m0/s1. The number of aliphatic hydroxyl groups is 2. The van der Waals surface area contributed by atoms with Crippen molar-refractivity contribution in [2.45, 2.75) is 32.0 Å². The highest BCUT2D eigenvalue weighted by Crippen LogP contribution is 2.50. The molecule has 0 saturated carbocycles. The Morgan fingerprint density at radius 1 is 0.870 bits per heavy atom. The molecule has 3 aromatic carbocycles. The molecule has 0 heterocycles. The Morgan fingerprint density at radius 2 is 1.65 bits per heavy atom. The lowest BCUT2D eigenvalue weighted by atomic mass is 9.78. The Balaban J connectivity index is 1.95. The van der Waals surface area contributed by atoms with Crippen LogP contribution in [0.4, 0.5) is 0 Å². The van der Waals surface area contributed by atoms with Gasteiger partial charge in [0.2, 0.25) is 0 Å². The minimum Gasteiger partial charge on any atom is -0.385 e. The van der Waals surface area contributed by atoms with Crippen LogP contribution in [0.2, 0.25) is 0 Å². The smallest absolute Gasteiger partial charge is 0.110 e. The maximum atomic E-state index is 10.8. The average Bonchev–Trinajstić information content (AvgIpc) is 3.02. The molecule has 23 heavy (non-hydrogen) atoms. The molecule has 0 bridgehead atoms. The van der Waals surface area contributed by atoms with Crippen LogP contribution < -0.4 is 0 Å². The largest absolute Gasteiger partial charge is 0.385 e. The lowest BCUT2D eigenvalue weighted by Gasteiger charge is -2.31. The number of hydrogen-bond donors (Lipinski definition) is 2. The summed E-state index contributed by atoms with van der Waals surface area (Å²) in [5.41, 5.74) is 7.85. The number of hydrogen-bond acceptors (Lipinski definition) is 2. The predicted octanol–water partition coefficient (Wildman–Crippen LogP) is 3.99. The van der Waals surface area contributed by atoms with Gasteiger partial charge in [-0.2, -0.15) is 0 Å². The molecule has 114 valence electrons. The van der Waals surface area contributed by atoms with E-state index in [0.29, 0.717) is 0 Å². The fourth-order valence-corrected chi connectivity index (χ4v) is 4.50. The van der Waals surface area contributed by atoms with E-state index < -0.39 is 12.2 Å². The van der Waals surface area contributed by atoms with Crippen molar-refractivity contribution >= 4 is 10.8 Å². The van der Waals surface area contributed by atoms with E-state index in [0.717, 1.165) is 35.1 Å². The first-order valence-corrected chi connectivity index (χ1v) is 8.20. The third-order valence-corrected chi connectivity index (χ3v) is 5.59. The highest BCUT2D eigenvalue weighted by Gasteiger charge is 2.35. The number of benzene rings is 3. The summed E-state index contributed by atoms with van der Waals surface area (Å²) < 4.78 is 0. The van der Waals surface area contributed by atoms with Crippen molar-refractivity contribution in [3.8, 4) is 11.1 Å². The summed E-state index contributed by atoms with van der Waals surface area (Å²) in [6.07, 6.45) is 0.289. The predicted molar refractivity (Wildman–Crippen MR) is 91.4 cm³/mol. The van der Waals surface area contributed by atoms with Gasteiger partial charge in [0.1, 0.15) is 12.2 Å². The van der Waals surface area contributed by atoms with Crippen molar-refractivity contribution in [2.24, 2.45) is 0 Å². The molecule has 0 spiro atoms. The molecular formula is C21H18O2. The van der Waals surface area contributed by atoms with Crippen molar-refractivity contribution in [2.75, 3.05) is 0 Å². The summed E-state index contributed by atoms with van der Waals surface area (Å²) in [6, 6.07) is 14.4. The highest BCUT2D eigenvalue weighted by atomic mass is 16.3. The van der Waals surface area contributed by atoms with Gasteiger partial charge in [-0.1, -0.05) is 36.4 Å². The second-order valence-corrected chi connectivity index (χ2v) is 6.75. The molecule has 0 saturated heterocycles. The Morgan fingerprint density at radius 3 is 2.52 bits per heavy atom. The first-order chi connectivity index (χ1) is 11.2. The summed E-state index contributed by atoms with van der Waals surface area (Å²) in [5, 5.41) is 23.9. The maximum absolute atomic E-state index is 10.8. The molecule has 0 aromatic heterocycles. The van der Waals surface area contributed by atoms with Crippen LogP contribution in [0.1, 0.15) is 40.0 Å². The second kappa shape index (κ2) is 4.44. The quantitative estimate of drug-likeness (QED) is 0.659. The maximum Gasteiger partial charge on any atom is 0.110 e. The third kappa shape index (κ3) is 1.60. The molecule has 0 aliphatic heterocycles. The van der Waals surface area contributed by atoms with Crippen LogP contribution >= 0.6 is 0 Å². The molecule has 3 aromatic rings. The van der Waals surface area contributed by atoms with Gasteiger partial charge in [-0.25, -0.2) is 0 Å². The number of aryl methyl sites for hydroxylation is 3. The van der Waals surface area contributed by atoms with Gasteiger partial charge >= 0.3 is 0 Å². The summed E-state index contributed by atoms with van der Waals surface area (Å²) in [7, 11) is 0. The van der Waals surface area contributed by atoms with Gasteiger partial charge in [-0.3, -0.25) is 0 Å². The van der Waals surface area contributed by atoms with Crippen LogP contribution in [0.5, 0.6) is 0 Å². The molecule has 2 aliphatic rings. The normalized spacial score (nSPS) is 21.3. The molecule has 2 N–H and O–H groups in total. The van der Waals surface area contributed by atoms with E-state index in [4.69, 9.17) is 0 Å². The van der Waals surface area contributed by atoms with Crippen molar-refractivity contribution in [3.63, 3.8) is 0 Å². The SMILES string of the molecule is Cc1ccc2cc3c(c4c2c1CC4)[C@@H](O)[C@@H](O)c1ccccc1-3. The zero-order valence-electron chi connectivity index (χ0n) is 13.0. The van der Waals surface area contributed by atoms with Gasteiger partial charge in [0.05, 0.1) is 0 Å². The number of fused-ring (bicyclic) bond motifs is 4. The van der Waals surface area contributed by atoms with Crippen molar-refractivity contribution < 1.29 is 10.2 Å². The number of rotatable bonds is 0. The summed E-state index contributed by atoms with van der Waals surface area (Å²) in [4.78, 5) is 0. The summed E-state index contributed by atoms with van der Waals surface area (Å²) >= 11 is 0. The lowest BCUT2D eigenvalue weighted by molar-refractivity contribution is 0.0154. The van der Waals surface area contributed by atoms with Crippen molar-refractivity contribution in [3.05, 3.63) is 70.3 Å². The van der Waals surface area contributed by atoms with E-state index in [1.165, 1.54) is 27.5 Å². The van der Waals surface area contributed by atoms with Gasteiger partial charge in [0.25, 0.3) is 0 Å². The molecule has 2 aliphatic carbocycles. The van der Waals surface area contributed by atoms with E-state index in [2.05, 4.69) is 25.1 Å². The zero-order valence-corrected chi connectivity index (χ0v) is 13.0. The van der Waals surface area contributed by atoms with E-state index >= 15 is 0 Å². The van der Waals surface area contributed by atoms with Gasteiger partial charge in [0, 0.05) is 0 Å². The van der Waals surface area contributed by atoms with E-state index in [-0.39, 0.29) is 0 Å². The zero-order chi connectivity index (χ0) is 15.7. The molecule has 5 rings (SSSR count). The fraction of sp³-hybridized carbons (Fsp3) is 0.238. The summed E-state index contributed by atoms with van der Waals surface area (Å²) in [6.45, 7) is 2.16. The van der Waals surface area contributed by atoms with Gasteiger partial charge in [-0.15, -0.1) is 0 Å². The van der Waals surface area contributed by atoms with E-state index in [1.807, 2.05) is 24.3 Å². The highest BCUT2D eigenvalue weighted by molar-refractivity contribution is 5.98. The van der Waals surface area contributed by atoms with E-state index in [9.17, 15) is 10.2 Å². The van der Waals surface area contributed by atoms with Gasteiger partial charge < -0.3 is 10.2 Å². The van der Waals surface area contributed by atoms with Crippen molar-refractivity contribution in [1.82, 2.24) is 0 Å². The van der Waals surface area contributed by atoms with Crippen LogP contribution in [0, 0.1) is 6.92 Å². The van der Waals surface area contributed by atoms with E-state index in [1.54, 1.807) is 0 Å². The molecule has 2 atom stereocenters. The topological polar surface area (TPSA) is 40.5 Å². The molecule has 2 nitrogen and oxygen atoms in total. The lowest BCUT2D eigenvalue weighted by Crippen LogP contribution is -2.18. The third-order valence-electron chi connectivity index (χ3n) is 5.59. The summed E-state index contributed by atoms with van der Waals surface area (Å²) in [5.74, 6) is 0. The van der Waals surface area contributed by atoms with Crippen LogP contribution in [0.25, 0.3) is 21.9 Å². The Kier molecular flexibility index (Phi) is 2.56. The fourth-order valence-electron chi connectivity index (χ4n) is 4.50. The Bertz CT molecular complexity index is 971. The molecule has 2 heteroatoms. The average molecular weight is 302 g/mol. The molecule has 0 amide bonds. The first kappa shape index (κ1) is 13.3. The molecule has 0 radical (unpaired) electrons. The van der Waals surface area contributed by atoms with Crippen molar-refractivity contribution in [1.29, 1.82) is 0 Å². The number of aliphatic hydroxyl groups excluding tert-OH is 2.